The Bertz CT molecular complexity index is 1060. The standard InChI is InChI=1S/C24H31FN2O6S/c1-17(2)23(24(28)26-12-3-4-13-31-19-8-6-18(25)7-9-19)27-34(29,30)20-10-11-21-22(16-20)33-15-5-14-32-21/h6-11,16-17,23,27H,3-5,12-15H2,1-2H3,(H,26,28). The van der Waals surface area contributed by atoms with E-state index >= 15 is 0 Å². The van der Waals surface area contributed by atoms with Gasteiger partial charge in [-0.25, -0.2) is 12.8 Å². The molecule has 8 nitrogen and oxygen atoms in total. The predicted octanol–water partition coefficient (Wildman–Crippen LogP) is 3.27. The van der Waals surface area contributed by atoms with Gasteiger partial charge in [-0.3, -0.25) is 4.79 Å². The molecule has 0 fully saturated rings. The average molecular weight is 495 g/mol. The lowest BCUT2D eigenvalue weighted by molar-refractivity contribution is -0.123. The van der Waals surface area contributed by atoms with E-state index in [1.54, 1.807) is 32.0 Å². The summed E-state index contributed by atoms with van der Waals surface area (Å²) >= 11 is 0. The number of carbonyl (C=O) groups excluding carboxylic acids is 1. The molecule has 2 N–H and O–H groups in total. The zero-order valence-electron chi connectivity index (χ0n) is 19.4. The summed E-state index contributed by atoms with van der Waals surface area (Å²) in [5.74, 6) is 0.459. The van der Waals surface area contributed by atoms with Crippen molar-refractivity contribution in [2.75, 3.05) is 26.4 Å². The van der Waals surface area contributed by atoms with Crippen molar-refractivity contribution in [1.29, 1.82) is 0 Å². The van der Waals surface area contributed by atoms with Gasteiger partial charge in [-0.2, -0.15) is 4.72 Å². The average Bonchev–Trinajstić information content (AvgIpc) is 3.05. The van der Waals surface area contributed by atoms with Gasteiger partial charge in [0.25, 0.3) is 0 Å². The van der Waals surface area contributed by atoms with Crippen molar-refractivity contribution in [1.82, 2.24) is 10.0 Å². The fourth-order valence-electron chi connectivity index (χ4n) is 3.31. The van der Waals surface area contributed by atoms with Crippen molar-refractivity contribution in [2.24, 2.45) is 5.92 Å². The van der Waals surface area contributed by atoms with Crippen LogP contribution in [0.1, 0.15) is 33.1 Å². The van der Waals surface area contributed by atoms with Crippen molar-refractivity contribution in [3.63, 3.8) is 0 Å². The largest absolute Gasteiger partial charge is 0.494 e. The summed E-state index contributed by atoms with van der Waals surface area (Å²) in [7, 11) is -3.96. The van der Waals surface area contributed by atoms with Crippen molar-refractivity contribution in [3.8, 4) is 17.2 Å². The first-order valence-electron chi connectivity index (χ1n) is 11.3. The summed E-state index contributed by atoms with van der Waals surface area (Å²) in [4.78, 5) is 12.7. The minimum Gasteiger partial charge on any atom is -0.494 e. The van der Waals surface area contributed by atoms with Crippen LogP contribution in [0.4, 0.5) is 4.39 Å². The van der Waals surface area contributed by atoms with Crippen LogP contribution in [0.5, 0.6) is 17.2 Å². The van der Waals surface area contributed by atoms with E-state index in [0.717, 1.165) is 0 Å². The van der Waals surface area contributed by atoms with Crippen molar-refractivity contribution in [3.05, 3.63) is 48.3 Å². The molecule has 0 saturated heterocycles. The highest BCUT2D eigenvalue weighted by Crippen LogP contribution is 2.32. The zero-order chi connectivity index (χ0) is 24.6. The van der Waals surface area contributed by atoms with Crippen LogP contribution in [0, 0.1) is 11.7 Å². The Labute approximate surface area is 199 Å². The van der Waals surface area contributed by atoms with Crippen LogP contribution >= 0.6 is 0 Å². The monoisotopic (exact) mass is 494 g/mol. The molecule has 2 aromatic rings. The summed E-state index contributed by atoms with van der Waals surface area (Å²) in [6, 6.07) is 9.25. The van der Waals surface area contributed by atoms with Crippen LogP contribution in [-0.2, 0) is 14.8 Å². The Morgan fingerprint density at radius 2 is 1.76 bits per heavy atom. The summed E-state index contributed by atoms with van der Waals surface area (Å²) in [6.07, 6.45) is 2.03. The number of nitrogens with one attached hydrogen (secondary N) is 2. The quantitative estimate of drug-likeness (QED) is 0.465. The van der Waals surface area contributed by atoms with Gasteiger partial charge in [0, 0.05) is 19.0 Å². The van der Waals surface area contributed by atoms with Gasteiger partial charge in [0.2, 0.25) is 15.9 Å². The lowest BCUT2D eigenvalue weighted by Crippen LogP contribution is -2.49. The van der Waals surface area contributed by atoms with Gasteiger partial charge in [0.05, 0.1) is 24.7 Å². The number of sulfonamides is 1. The maximum Gasteiger partial charge on any atom is 0.241 e. The molecule has 1 unspecified atom stereocenters. The Balaban J connectivity index is 1.50. The highest BCUT2D eigenvalue weighted by molar-refractivity contribution is 7.89. The highest BCUT2D eigenvalue weighted by Gasteiger charge is 2.29. The van der Waals surface area contributed by atoms with E-state index in [0.29, 0.717) is 62.9 Å². The third kappa shape index (κ3) is 7.33. The number of hydrogen-bond donors (Lipinski definition) is 2. The molecule has 0 aliphatic carbocycles. The fourth-order valence-corrected chi connectivity index (χ4v) is 4.67. The molecule has 0 spiro atoms. The fraction of sp³-hybridized carbons (Fsp3) is 0.458. The molecule has 0 saturated carbocycles. The third-order valence-electron chi connectivity index (χ3n) is 5.21. The second-order valence-corrected chi connectivity index (χ2v) is 10.0. The number of hydrogen-bond acceptors (Lipinski definition) is 6. The molecule has 3 rings (SSSR count). The molecule has 10 heteroatoms. The summed E-state index contributed by atoms with van der Waals surface area (Å²) < 4.78 is 58.0. The van der Waals surface area contributed by atoms with E-state index in [-0.39, 0.29) is 16.6 Å². The maximum atomic E-state index is 13.0. The molecule has 1 heterocycles. The third-order valence-corrected chi connectivity index (χ3v) is 6.65. The maximum absolute atomic E-state index is 13.0. The molecule has 0 radical (unpaired) electrons. The van der Waals surface area contributed by atoms with E-state index in [4.69, 9.17) is 14.2 Å². The molecule has 0 aromatic heterocycles. The predicted molar refractivity (Wildman–Crippen MR) is 125 cm³/mol. The topological polar surface area (TPSA) is 103 Å². The van der Waals surface area contributed by atoms with Gasteiger partial charge >= 0.3 is 0 Å². The minimum absolute atomic E-state index is 0.00754. The van der Waals surface area contributed by atoms with Crippen molar-refractivity contribution >= 4 is 15.9 Å². The van der Waals surface area contributed by atoms with E-state index in [1.165, 1.54) is 24.3 Å². The lowest BCUT2D eigenvalue weighted by atomic mass is 10.1. The molecule has 34 heavy (non-hydrogen) atoms. The van der Waals surface area contributed by atoms with Crippen molar-refractivity contribution in [2.45, 2.75) is 44.0 Å². The van der Waals surface area contributed by atoms with E-state index in [9.17, 15) is 17.6 Å². The first-order chi connectivity index (χ1) is 16.3. The molecular weight excluding hydrogens is 463 g/mol. The normalized spacial score (nSPS) is 14.4. The molecule has 2 aromatic carbocycles. The number of carbonyl (C=O) groups is 1. The molecule has 1 aliphatic rings. The highest BCUT2D eigenvalue weighted by atomic mass is 32.2. The van der Waals surface area contributed by atoms with Gasteiger partial charge in [0.1, 0.15) is 17.6 Å². The summed E-state index contributed by atoms with van der Waals surface area (Å²) in [5, 5.41) is 2.79. The molecule has 1 aliphatic heterocycles. The second kappa shape index (κ2) is 12.0. The van der Waals surface area contributed by atoms with Gasteiger partial charge < -0.3 is 19.5 Å². The zero-order valence-corrected chi connectivity index (χ0v) is 20.2. The Hall–Kier alpha value is -2.85. The second-order valence-electron chi connectivity index (χ2n) is 8.30. The van der Waals surface area contributed by atoms with Crippen molar-refractivity contribution < 1.29 is 31.8 Å². The number of ether oxygens (including phenoxy) is 3. The number of halogens is 1. The molecular formula is C24H31FN2O6S. The first kappa shape index (κ1) is 25.8. The van der Waals surface area contributed by atoms with Gasteiger partial charge in [-0.1, -0.05) is 13.8 Å². The Morgan fingerprint density at radius 1 is 1.06 bits per heavy atom. The molecule has 0 bridgehead atoms. The van der Waals surface area contributed by atoms with Gasteiger partial charge in [-0.05, 0) is 55.2 Å². The SMILES string of the molecule is CC(C)C(NS(=O)(=O)c1ccc2c(c1)OCCCO2)C(=O)NCCCCOc1ccc(F)cc1. The smallest absolute Gasteiger partial charge is 0.241 e. The minimum atomic E-state index is -3.96. The summed E-state index contributed by atoms with van der Waals surface area (Å²) in [6.45, 7) is 5.29. The molecule has 186 valence electrons. The number of rotatable bonds is 11. The van der Waals surface area contributed by atoms with Gasteiger partial charge in [0.15, 0.2) is 11.5 Å². The Kier molecular flexibility index (Phi) is 9.12. The van der Waals surface area contributed by atoms with Crippen LogP contribution in [-0.4, -0.2) is 46.7 Å². The van der Waals surface area contributed by atoms with Crippen LogP contribution in [0.2, 0.25) is 0 Å². The number of amides is 1. The van der Waals surface area contributed by atoms with Crippen LogP contribution in [0.15, 0.2) is 47.4 Å². The van der Waals surface area contributed by atoms with Crippen LogP contribution in [0.3, 0.4) is 0 Å². The van der Waals surface area contributed by atoms with E-state index in [1.807, 2.05) is 0 Å². The summed E-state index contributed by atoms with van der Waals surface area (Å²) in [5.41, 5.74) is 0. The Morgan fingerprint density at radius 3 is 2.47 bits per heavy atom. The van der Waals surface area contributed by atoms with Crippen LogP contribution in [0.25, 0.3) is 0 Å². The van der Waals surface area contributed by atoms with Crippen LogP contribution < -0.4 is 24.2 Å². The molecule has 1 atom stereocenters. The number of unbranched alkanes of at least 4 members (excludes halogenated alkanes) is 1. The number of fused-ring (bicyclic) bond motifs is 1. The molecule has 1 amide bonds. The first-order valence-corrected chi connectivity index (χ1v) is 12.8. The lowest BCUT2D eigenvalue weighted by Gasteiger charge is -2.22. The van der Waals surface area contributed by atoms with E-state index in [2.05, 4.69) is 10.0 Å². The van der Waals surface area contributed by atoms with Gasteiger partial charge in [-0.15, -0.1) is 0 Å². The number of benzene rings is 2. The van der Waals surface area contributed by atoms with E-state index < -0.39 is 22.0 Å².